The summed E-state index contributed by atoms with van der Waals surface area (Å²) in [6.07, 6.45) is 5.26. The molecule has 0 radical (unpaired) electrons. The van der Waals surface area contributed by atoms with Crippen LogP contribution in [0.2, 0.25) is 0 Å². The molecule has 1 aromatic carbocycles. The number of halogens is 1. The van der Waals surface area contributed by atoms with Crippen molar-refractivity contribution in [2.24, 2.45) is 0 Å². The second-order valence-electron chi connectivity index (χ2n) is 5.99. The van der Waals surface area contributed by atoms with Crippen LogP contribution in [-0.4, -0.2) is 52.3 Å². The SMILES string of the molecule is OC(COc1ccc(F)cc1)CN1CCCC(c2ncc[nH]2)C1. The summed E-state index contributed by atoms with van der Waals surface area (Å²) in [5.74, 6) is 1.68. The van der Waals surface area contributed by atoms with Crippen LogP contribution >= 0.6 is 0 Å². The van der Waals surface area contributed by atoms with E-state index in [-0.39, 0.29) is 12.4 Å². The smallest absolute Gasteiger partial charge is 0.123 e. The highest BCUT2D eigenvalue weighted by molar-refractivity contribution is 5.22. The third-order valence-corrected chi connectivity index (χ3v) is 4.14. The van der Waals surface area contributed by atoms with Gasteiger partial charge in [-0.2, -0.15) is 0 Å². The minimum absolute atomic E-state index is 0.202. The van der Waals surface area contributed by atoms with Gasteiger partial charge in [0.05, 0.1) is 0 Å². The van der Waals surface area contributed by atoms with E-state index in [0.29, 0.717) is 18.2 Å². The number of hydrogen-bond donors (Lipinski definition) is 2. The van der Waals surface area contributed by atoms with Gasteiger partial charge in [-0.25, -0.2) is 9.37 Å². The molecule has 1 aromatic heterocycles. The first kappa shape index (κ1) is 16.0. The first-order valence-electron chi connectivity index (χ1n) is 7.99. The van der Waals surface area contributed by atoms with E-state index in [2.05, 4.69) is 14.9 Å². The Hall–Kier alpha value is -1.92. The first-order chi connectivity index (χ1) is 11.2. The Kier molecular flexibility index (Phi) is 5.25. The number of imidazole rings is 1. The number of β-amino-alcohol motifs (C(OH)–C–C–N with tert-alkyl or cyclic N) is 1. The summed E-state index contributed by atoms with van der Waals surface area (Å²) in [6.45, 7) is 2.64. The maximum atomic E-state index is 12.8. The number of H-pyrrole nitrogens is 1. The van der Waals surface area contributed by atoms with Crippen LogP contribution in [0.4, 0.5) is 4.39 Å². The average Bonchev–Trinajstić information content (AvgIpc) is 3.09. The van der Waals surface area contributed by atoms with Crippen molar-refractivity contribution in [2.75, 3.05) is 26.2 Å². The van der Waals surface area contributed by atoms with Crippen molar-refractivity contribution in [2.45, 2.75) is 24.9 Å². The lowest BCUT2D eigenvalue weighted by Crippen LogP contribution is -2.41. The van der Waals surface area contributed by atoms with Crippen molar-refractivity contribution in [3.8, 4) is 5.75 Å². The lowest BCUT2D eigenvalue weighted by molar-refractivity contribution is 0.0578. The Morgan fingerprint density at radius 1 is 1.39 bits per heavy atom. The Bertz CT molecular complexity index is 588. The van der Waals surface area contributed by atoms with Crippen LogP contribution in [0.15, 0.2) is 36.7 Å². The Morgan fingerprint density at radius 3 is 2.96 bits per heavy atom. The van der Waals surface area contributed by atoms with Crippen molar-refractivity contribution in [3.63, 3.8) is 0 Å². The molecule has 1 aliphatic rings. The molecule has 0 bridgehead atoms. The predicted octanol–water partition coefficient (Wildman–Crippen LogP) is 2.17. The van der Waals surface area contributed by atoms with Gasteiger partial charge >= 0.3 is 0 Å². The van der Waals surface area contributed by atoms with Gasteiger partial charge in [0, 0.05) is 31.4 Å². The molecule has 2 aromatic rings. The number of aliphatic hydroxyl groups is 1. The van der Waals surface area contributed by atoms with E-state index >= 15 is 0 Å². The number of aromatic nitrogens is 2. The third kappa shape index (κ3) is 4.53. The van der Waals surface area contributed by atoms with Crippen LogP contribution in [0.5, 0.6) is 5.75 Å². The molecule has 2 atom stereocenters. The van der Waals surface area contributed by atoms with Crippen LogP contribution in [0.1, 0.15) is 24.6 Å². The molecular formula is C17H22FN3O2. The number of ether oxygens (including phenoxy) is 1. The van der Waals surface area contributed by atoms with E-state index in [1.165, 1.54) is 12.1 Å². The van der Waals surface area contributed by atoms with Crippen LogP contribution in [0.3, 0.4) is 0 Å². The summed E-state index contributed by atoms with van der Waals surface area (Å²) >= 11 is 0. The summed E-state index contributed by atoms with van der Waals surface area (Å²) in [6, 6.07) is 5.83. The molecule has 23 heavy (non-hydrogen) atoms. The number of rotatable bonds is 6. The van der Waals surface area contributed by atoms with Gasteiger partial charge in [0.15, 0.2) is 0 Å². The molecule has 1 aliphatic heterocycles. The predicted molar refractivity (Wildman–Crippen MR) is 84.9 cm³/mol. The van der Waals surface area contributed by atoms with Crippen LogP contribution in [0.25, 0.3) is 0 Å². The molecule has 2 unspecified atom stereocenters. The van der Waals surface area contributed by atoms with Gasteiger partial charge in [0.25, 0.3) is 0 Å². The molecule has 6 heteroatoms. The Morgan fingerprint density at radius 2 is 2.22 bits per heavy atom. The zero-order valence-electron chi connectivity index (χ0n) is 13.0. The summed E-state index contributed by atoms with van der Waals surface area (Å²) in [7, 11) is 0. The van der Waals surface area contributed by atoms with E-state index in [4.69, 9.17) is 4.74 Å². The first-order valence-corrected chi connectivity index (χ1v) is 7.99. The number of hydrogen-bond acceptors (Lipinski definition) is 4. The standard InChI is InChI=1S/C17H22FN3O2/c18-14-3-5-16(6-4-14)23-12-15(22)11-21-9-1-2-13(10-21)17-19-7-8-20-17/h3-8,13,15,22H,1-2,9-12H2,(H,19,20). The van der Waals surface area contributed by atoms with Crippen LogP contribution in [0, 0.1) is 5.82 Å². The number of nitrogens with zero attached hydrogens (tertiary/aromatic N) is 2. The van der Waals surface area contributed by atoms with Gasteiger partial charge in [0.1, 0.15) is 30.1 Å². The normalized spacial score (nSPS) is 20.3. The highest BCUT2D eigenvalue weighted by Crippen LogP contribution is 2.24. The lowest BCUT2D eigenvalue weighted by Gasteiger charge is -2.33. The summed E-state index contributed by atoms with van der Waals surface area (Å²) < 4.78 is 18.3. The van der Waals surface area contributed by atoms with Crippen molar-refractivity contribution in [3.05, 3.63) is 48.3 Å². The Labute approximate surface area is 135 Å². The van der Waals surface area contributed by atoms with E-state index in [1.54, 1.807) is 18.3 Å². The molecule has 0 saturated carbocycles. The molecule has 0 amide bonds. The molecule has 0 spiro atoms. The molecular weight excluding hydrogens is 297 g/mol. The van der Waals surface area contributed by atoms with E-state index < -0.39 is 6.10 Å². The number of aliphatic hydroxyl groups excluding tert-OH is 1. The maximum Gasteiger partial charge on any atom is 0.123 e. The molecule has 1 fully saturated rings. The number of benzene rings is 1. The molecule has 2 N–H and O–H groups in total. The fourth-order valence-electron chi connectivity index (χ4n) is 3.02. The van der Waals surface area contributed by atoms with Crippen molar-refractivity contribution in [1.82, 2.24) is 14.9 Å². The van der Waals surface area contributed by atoms with Crippen LogP contribution in [-0.2, 0) is 0 Å². The topological polar surface area (TPSA) is 61.4 Å². The summed E-state index contributed by atoms with van der Waals surface area (Å²) in [5, 5.41) is 10.2. The molecule has 2 heterocycles. The minimum Gasteiger partial charge on any atom is -0.491 e. The highest BCUT2D eigenvalue weighted by Gasteiger charge is 2.24. The van der Waals surface area contributed by atoms with E-state index in [1.807, 2.05) is 6.20 Å². The highest BCUT2D eigenvalue weighted by atomic mass is 19.1. The summed E-state index contributed by atoms with van der Waals surface area (Å²) in [4.78, 5) is 9.76. The monoisotopic (exact) mass is 319 g/mol. The van der Waals surface area contributed by atoms with Gasteiger partial charge in [-0.15, -0.1) is 0 Å². The minimum atomic E-state index is -0.574. The van der Waals surface area contributed by atoms with Gasteiger partial charge in [0.2, 0.25) is 0 Å². The Balaban J connectivity index is 1.45. The van der Waals surface area contributed by atoms with E-state index in [9.17, 15) is 9.50 Å². The van der Waals surface area contributed by atoms with Gasteiger partial charge < -0.3 is 14.8 Å². The van der Waals surface area contributed by atoms with Crippen LogP contribution < -0.4 is 4.74 Å². The molecule has 3 rings (SSSR count). The van der Waals surface area contributed by atoms with Gasteiger partial charge in [-0.05, 0) is 43.7 Å². The second-order valence-corrected chi connectivity index (χ2v) is 5.99. The average molecular weight is 319 g/mol. The fourth-order valence-corrected chi connectivity index (χ4v) is 3.02. The quantitative estimate of drug-likeness (QED) is 0.857. The number of likely N-dealkylation sites (tertiary alicyclic amines) is 1. The van der Waals surface area contributed by atoms with Gasteiger partial charge in [-0.1, -0.05) is 0 Å². The molecule has 5 nitrogen and oxygen atoms in total. The number of piperidine rings is 1. The van der Waals surface area contributed by atoms with Crippen molar-refractivity contribution in [1.29, 1.82) is 0 Å². The van der Waals surface area contributed by atoms with E-state index in [0.717, 1.165) is 31.8 Å². The number of aromatic amines is 1. The zero-order chi connectivity index (χ0) is 16.1. The second kappa shape index (κ2) is 7.57. The van der Waals surface area contributed by atoms with Crippen molar-refractivity contribution >= 4 is 0 Å². The lowest BCUT2D eigenvalue weighted by atomic mass is 9.97. The molecule has 124 valence electrons. The van der Waals surface area contributed by atoms with Gasteiger partial charge in [-0.3, -0.25) is 4.90 Å². The molecule has 1 saturated heterocycles. The third-order valence-electron chi connectivity index (χ3n) is 4.14. The van der Waals surface area contributed by atoms with Crippen molar-refractivity contribution < 1.29 is 14.2 Å². The summed E-state index contributed by atoms with van der Waals surface area (Å²) in [5.41, 5.74) is 0. The number of nitrogens with one attached hydrogen (secondary N) is 1. The zero-order valence-corrected chi connectivity index (χ0v) is 13.0. The fraction of sp³-hybridized carbons (Fsp3) is 0.471. The molecule has 0 aliphatic carbocycles. The maximum absolute atomic E-state index is 12.8. The largest absolute Gasteiger partial charge is 0.491 e.